The molecule has 0 saturated heterocycles. The molecule has 0 radical (unpaired) electrons. The van der Waals surface area contributed by atoms with E-state index >= 15 is 0 Å². The molecule has 0 fully saturated rings. The summed E-state index contributed by atoms with van der Waals surface area (Å²) in [6.45, 7) is 0.257. The van der Waals surface area contributed by atoms with Gasteiger partial charge in [-0.25, -0.2) is 0 Å². The smallest absolute Gasteiger partial charge is 0.295 e. The molecule has 10 heteroatoms. The van der Waals surface area contributed by atoms with Gasteiger partial charge in [-0.1, -0.05) is 11.6 Å². The lowest BCUT2D eigenvalue weighted by Crippen LogP contribution is -2.24. The van der Waals surface area contributed by atoms with Gasteiger partial charge in [0.2, 0.25) is 0 Å². The summed E-state index contributed by atoms with van der Waals surface area (Å²) in [5.41, 5.74) is -1.59. The van der Waals surface area contributed by atoms with Gasteiger partial charge in [-0.05, 0) is 6.42 Å². The molecule has 0 aliphatic heterocycles. The zero-order valence-corrected chi connectivity index (χ0v) is 11.5. The minimum Gasteiger partial charge on any atom is -0.352 e. The van der Waals surface area contributed by atoms with Crippen LogP contribution in [0.5, 0.6) is 0 Å². The Bertz CT molecular complexity index is 529. The predicted octanol–water partition coefficient (Wildman–Crippen LogP) is 2.52. The molecule has 0 unspecified atom stereocenters. The fourth-order valence-electron chi connectivity index (χ4n) is 1.36. The molecular weight excluding hydrogens is 313 g/mol. The van der Waals surface area contributed by atoms with Crippen LogP contribution in [0.2, 0.25) is 5.02 Å². The second-order valence-electron chi connectivity index (χ2n) is 3.64. The van der Waals surface area contributed by atoms with E-state index in [1.165, 1.54) is 0 Å². The summed E-state index contributed by atoms with van der Waals surface area (Å²) in [4.78, 5) is 31.5. The van der Waals surface area contributed by atoms with Crippen LogP contribution in [0.3, 0.4) is 0 Å². The van der Waals surface area contributed by atoms with Crippen LogP contribution in [-0.4, -0.2) is 28.2 Å². The van der Waals surface area contributed by atoms with E-state index in [9.17, 15) is 25.0 Å². The zero-order chi connectivity index (χ0) is 15.3. The largest absolute Gasteiger partial charge is 0.352 e. The highest BCUT2D eigenvalue weighted by molar-refractivity contribution is 6.35. The van der Waals surface area contributed by atoms with Gasteiger partial charge in [-0.2, -0.15) is 0 Å². The van der Waals surface area contributed by atoms with Crippen molar-refractivity contribution < 1.29 is 14.6 Å². The lowest BCUT2D eigenvalue weighted by atomic mass is 10.1. The van der Waals surface area contributed by atoms with Gasteiger partial charge >= 0.3 is 0 Å². The number of benzene rings is 1. The number of hydrogen-bond donors (Lipinski definition) is 1. The van der Waals surface area contributed by atoms with Crippen LogP contribution in [0.1, 0.15) is 16.8 Å². The van der Waals surface area contributed by atoms with E-state index in [-0.39, 0.29) is 12.1 Å². The average Bonchev–Trinajstić information content (AvgIpc) is 2.38. The van der Waals surface area contributed by atoms with Crippen molar-refractivity contribution in [3.63, 3.8) is 0 Å². The first kappa shape index (κ1) is 16.1. The van der Waals surface area contributed by atoms with Crippen molar-refractivity contribution in [2.24, 2.45) is 0 Å². The average molecular weight is 322 g/mol. The Hall–Kier alpha value is -1.93. The van der Waals surface area contributed by atoms with Gasteiger partial charge in [-0.15, -0.1) is 11.6 Å². The Morgan fingerprint density at radius 3 is 2.10 bits per heavy atom. The molecule has 0 aromatic heterocycles. The van der Waals surface area contributed by atoms with Crippen molar-refractivity contribution in [3.05, 3.63) is 42.9 Å². The number of carbonyl (C=O) groups excluding carboxylic acids is 1. The van der Waals surface area contributed by atoms with Gasteiger partial charge in [0.1, 0.15) is 0 Å². The molecule has 0 aliphatic rings. The summed E-state index contributed by atoms with van der Waals surface area (Å²) in [6, 6.07) is 1.79. The van der Waals surface area contributed by atoms with E-state index in [0.29, 0.717) is 12.3 Å². The summed E-state index contributed by atoms with van der Waals surface area (Å²) < 4.78 is 0. The van der Waals surface area contributed by atoms with Crippen LogP contribution in [0.15, 0.2) is 12.1 Å². The maximum absolute atomic E-state index is 11.7. The lowest BCUT2D eigenvalue weighted by molar-refractivity contribution is -0.393. The molecule has 0 heterocycles. The summed E-state index contributed by atoms with van der Waals surface area (Å²) in [7, 11) is 0. The highest BCUT2D eigenvalue weighted by Gasteiger charge is 2.27. The quantitative estimate of drug-likeness (QED) is 0.374. The molecule has 0 aliphatic carbocycles. The number of carbonyl (C=O) groups is 1. The lowest BCUT2D eigenvalue weighted by Gasteiger charge is -2.05. The number of amides is 1. The topological polar surface area (TPSA) is 115 Å². The molecule has 1 aromatic rings. The first-order valence-corrected chi connectivity index (χ1v) is 6.26. The monoisotopic (exact) mass is 321 g/mol. The Labute approximate surface area is 123 Å². The summed E-state index contributed by atoms with van der Waals surface area (Å²) in [6.07, 6.45) is 0.505. The highest BCUT2D eigenvalue weighted by atomic mass is 35.5. The van der Waals surface area contributed by atoms with Crippen molar-refractivity contribution in [3.8, 4) is 0 Å². The standard InChI is InChI=1S/C10H9Cl2N3O5/c11-2-1-3-13-10(16)6-4-7(14(17)18)9(12)8(5-6)15(19)20/h4-5H,1-3H2,(H,13,16). The van der Waals surface area contributed by atoms with E-state index in [1.54, 1.807) is 0 Å². The third-order valence-corrected chi connectivity index (χ3v) is 2.94. The molecule has 108 valence electrons. The van der Waals surface area contributed by atoms with Crippen molar-refractivity contribution in [1.82, 2.24) is 5.32 Å². The van der Waals surface area contributed by atoms with Crippen LogP contribution in [-0.2, 0) is 0 Å². The van der Waals surface area contributed by atoms with E-state index in [2.05, 4.69) is 5.32 Å². The Morgan fingerprint density at radius 1 is 1.20 bits per heavy atom. The Balaban J connectivity index is 3.17. The maximum Gasteiger partial charge on any atom is 0.295 e. The van der Waals surface area contributed by atoms with Gasteiger partial charge in [0.15, 0.2) is 5.02 Å². The van der Waals surface area contributed by atoms with Gasteiger partial charge in [0.05, 0.1) is 15.4 Å². The van der Waals surface area contributed by atoms with E-state index in [1.807, 2.05) is 0 Å². The third-order valence-electron chi connectivity index (χ3n) is 2.29. The van der Waals surface area contributed by atoms with Crippen molar-refractivity contribution >= 4 is 40.5 Å². The second-order valence-corrected chi connectivity index (χ2v) is 4.40. The van der Waals surface area contributed by atoms with Crippen LogP contribution in [0.4, 0.5) is 11.4 Å². The van der Waals surface area contributed by atoms with Crippen LogP contribution >= 0.6 is 23.2 Å². The number of nitro groups is 2. The molecule has 20 heavy (non-hydrogen) atoms. The predicted molar refractivity (Wildman–Crippen MR) is 72.4 cm³/mol. The molecule has 1 rings (SSSR count). The number of nitrogens with zero attached hydrogens (tertiary/aromatic N) is 2. The number of halogens is 2. The number of nitro benzene ring substituents is 2. The van der Waals surface area contributed by atoms with Crippen molar-refractivity contribution in [2.75, 3.05) is 12.4 Å². The van der Waals surface area contributed by atoms with Crippen molar-refractivity contribution in [1.29, 1.82) is 0 Å². The molecular formula is C10H9Cl2N3O5. The Kier molecular flexibility index (Phi) is 5.66. The van der Waals surface area contributed by atoms with E-state index in [4.69, 9.17) is 23.2 Å². The van der Waals surface area contributed by atoms with E-state index in [0.717, 1.165) is 12.1 Å². The fraction of sp³-hybridized carbons (Fsp3) is 0.300. The number of rotatable bonds is 6. The first-order chi connectivity index (χ1) is 9.38. The molecule has 0 bridgehead atoms. The molecule has 1 N–H and O–H groups in total. The van der Waals surface area contributed by atoms with Crippen LogP contribution in [0.25, 0.3) is 0 Å². The normalized spacial score (nSPS) is 10.1. The molecule has 1 aromatic carbocycles. The van der Waals surface area contributed by atoms with E-state index < -0.39 is 32.2 Å². The molecule has 0 saturated carbocycles. The van der Waals surface area contributed by atoms with Gasteiger partial charge in [-0.3, -0.25) is 25.0 Å². The number of alkyl halides is 1. The number of hydrogen-bond acceptors (Lipinski definition) is 5. The molecule has 0 spiro atoms. The maximum atomic E-state index is 11.7. The minimum atomic E-state index is -0.884. The number of nitrogens with one attached hydrogen (secondary N) is 1. The summed E-state index contributed by atoms with van der Waals surface area (Å²) in [5, 5.41) is 23.4. The molecule has 0 atom stereocenters. The van der Waals surface area contributed by atoms with Gasteiger partial charge in [0, 0.05) is 24.6 Å². The molecule has 1 amide bonds. The third kappa shape index (κ3) is 3.78. The second kappa shape index (κ2) is 7.01. The highest BCUT2D eigenvalue weighted by Crippen LogP contribution is 2.34. The first-order valence-electron chi connectivity index (χ1n) is 5.35. The summed E-state index contributed by atoms with van der Waals surface area (Å²) >= 11 is 11.0. The van der Waals surface area contributed by atoms with Crippen molar-refractivity contribution in [2.45, 2.75) is 6.42 Å². The summed E-state index contributed by atoms with van der Waals surface area (Å²) in [5.74, 6) is -0.334. The van der Waals surface area contributed by atoms with Crippen LogP contribution < -0.4 is 5.32 Å². The SMILES string of the molecule is O=C(NCCCCl)c1cc([N+](=O)[O-])c(Cl)c([N+](=O)[O-])c1. The van der Waals surface area contributed by atoms with Crippen LogP contribution in [0, 0.1) is 20.2 Å². The minimum absolute atomic E-state index is 0.206. The Morgan fingerprint density at radius 2 is 1.70 bits per heavy atom. The van der Waals surface area contributed by atoms with Gasteiger partial charge < -0.3 is 5.32 Å². The fourth-order valence-corrected chi connectivity index (χ4v) is 1.74. The zero-order valence-electron chi connectivity index (χ0n) is 9.97. The molecule has 8 nitrogen and oxygen atoms in total. The van der Waals surface area contributed by atoms with Gasteiger partial charge in [0.25, 0.3) is 17.3 Å².